The lowest BCUT2D eigenvalue weighted by molar-refractivity contribution is 0.375. The highest BCUT2D eigenvalue weighted by Crippen LogP contribution is 2.31. The molecule has 0 bridgehead atoms. The quantitative estimate of drug-likeness (QED) is 0.566. The smallest absolute Gasteiger partial charge is 0.242 e. The molecule has 138 valence electrons. The van der Waals surface area contributed by atoms with Gasteiger partial charge in [0.25, 0.3) is 0 Å². The van der Waals surface area contributed by atoms with Gasteiger partial charge in [-0.15, -0.1) is 0 Å². The normalized spacial score (nSPS) is 11.9. The Balaban J connectivity index is 1.57. The summed E-state index contributed by atoms with van der Waals surface area (Å²) in [4.78, 5) is 4.43. The molecule has 0 unspecified atom stereocenters. The molecule has 2 heterocycles. The van der Waals surface area contributed by atoms with Crippen LogP contribution in [0.5, 0.6) is 0 Å². The molecule has 0 aliphatic carbocycles. The Labute approximate surface area is 156 Å². The van der Waals surface area contributed by atoms with Gasteiger partial charge in [-0.2, -0.15) is 4.98 Å². The Morgan fingerprint density at radius 3 is 2.63 bits per heavy atom. The largest absolute Gasteiger partial charge is 0.452 e. The summed E-state index contributed by atoms with van der Waals surface area (Å²) in [7, 11) is -3.65. The van der Waals surface area contributed by atoms with Crippen molar-refractivity contribution in [3.05, 3.63) is 65.5 Å². The molecule has 2 aromatic heterocycles. The molecule has 1 N–H and O–H groups in total. The first kappa shape index (κ1) is 17.4. The van der Waals surface area contributed by atoms with E-state index in [2.05, 4.69) is 14.9 Å². The number of fused-ring (bicyclic) bond motifs is 1. The number of nitrogens with zero attached hydrogens (tertiary/aromatic N) is 2. The number of furan rings is 1. The van der Waals surface area contributed by atoms with E-state index < -0.39 is 10.0 Å². The molecule has 8 heteroatoms. The van der Waals surface area contributed by atoms with Gasteiger partial charge in [0.1, 0.15) is 5.58 Å². The molecule has 0 atom stereocenters. The standard InChI is InChI=1S/C19H17N3O4S/c1-12-8-9-16-15(10-12)13(2)18(25-16)19-21-17(26-22-19)11-20-27(23,24)14-6-4-3-5-7-14/h3-10,20H,11H2,1-2H3. The molecule has 0 fully saturated rings. The minimum atomic E-state index is -3.65. The van der Waals surface area contributed by atoms with E-state index in [0.717, 1.165) is 22.1 Å². The zero-order chi connectivity index (χ0) is 19.0. The minimum absolute atomic E-state index is 0.109. The topological polar surface area (TPSA) is 98.2 Å². The van der Waals surface area contributed by atoms with Crippen molar-refractivity contribution >= 4 is 21.0 Å². The molecule has 0 saturated heterocycles. The predicted molar refractivity (Wildman–Crippen MR) is 99.4 cm³/mol. The molecule has 0 aliphatic rings. The van der Waals surface area contributed by atoms with Gasteiger partial charge in [-0.25, -0.2) is 13.1 Å². The number of nitrogens with one attached hydrogen (secondary N) is 1. The molecule has 0 saturated carbocycles. The SMILES string of the molecule is Cc1ccc2oc(-c3noc(CNS(=O)(=O)c4ccccc4)n3)c(C)c2c1. The van der Waals surface area contributed by atoms with E-state index in [1.807, 2.05) is 32.0 Å². The summed E-state index contributed by atoms with van der Waals surface area (Å²) in [6, 6.07) is 14.0. The maximum atomic E-state index is 12.3. The molecule has 0 aliphatic heterocycles. The number of aromatic nitrogens is 2. The highest BCUT2D eigenvalue weighted by molar-refractivity contribution is 7.89. The molecule has 2 aromatic carbocycles. The first-order valence-electron chi connectivity index (χ1n) is 8.31. The van der Waals surface area contributed by atoms with Crippen molar-refractivity contribution in [3.8, 4) is 11.6 Å². The summed E-state index contributed by atoms with van der Waals surface area (Å²) in [6.07, 6.45) is 0. The van der Waals surface area contributed by atoms with Gasteiger partial charge in [-0.3, -0.25) is 0 Å². The monoisotopic (exact) mass is 383 g/mol. The predicted octanol–water partition coefficient (Wildman–Crippen LogP) is 3.58. The van der Waals surface area contributed by atoms with Crippen molar-refractivity contribution in [1.29, 1.82) is 0 Å². The molecule has 0 spiro atoms. The van der Waals surface area contributed by atoms with Gasteiger partial charge < -0.3 is 8.94 Å². The number of hydrogen-bond acceptors (Lipinski definition) is 6. The third-order valence-electron chi connectivity index (χ3n) is 4.23. The Kier molecular flexibility index (Phi) is 4.29. The lowest BCUT2D eigenvalue weighted by Gasteiger charge is -2.03. The van der Waals surface area contributed by atoms with Crippen molar-refractivity contribution in [2.75, 3.05) is 0 Å². The van der Waals surface area contributed by atoms with Crippen LogP contribution < -0.4 is 4.72 Å². The Bertz CT molecular complexity index is 1210. The van der Waals surface area contributed by atoms with Crippen LogP contribution >= 0.6 is 0 Å². The van der Waals surface area contributed by atoms with E-state index in [0.29, 0.717) is 5.76 Å². The molecule has 4 rings (SSSR count). The maximum absolute atomic E-state index is 12.3. The summed E-state index contributed by atoms with van der Waals surface area (Å²) in [5.41, 5.74) is 2.78. The van der Waals surface area contributed by atoms with Crippen LogP contribution in [0.3, 0.4) is 0 Å². The maximum Gasteiger partial charge on any atom is 0.242 e. The number of hydrogen-bond donors (Lipinski definition) is 1. The zero-order valence-electron chi connectivity index (χ0n) is 14.8. The molecule has 4 aromatic rings. The van der Waals surface area contributed by atoms with Crippen molar-refractivity contribution in [3.63, 3.8) is 0 Å². The van der Waals surface area contributed by atoms with Gasteiger partial charge >= 0.3 is 0 Å². The van der Waals surface area contributed by atoms with Gasteiger partial charge in [0.2, 0.25) is 21.7 Å². The molecule has 0 amide bonds. The molecule has 0 radical (unpaired) electrons. The first-order valence-corrected chi connectivity index (χ1v) is 9.80. The van der Waals surface area contributed by atoms with Gasteiger partial charge in [0.15, 0.2) is 5.76 Å². The second kappa shape index (κ2) is 6.64. The van der Waals surface area contributed by atoms with Gasteiger partial charge in [0.05, 0.1) is 11.4 Å². The van der Waals surface area contributed by atoms with E-state index >= 15 is 0 Å². The number of benzene rings is 2. The van der Waals surface area contributed by atoms with Gasteiger partial charge in [0, 0.05) is 10.9 Å². The Morgan fingerprint density at radius 1 is 1.07 bits per heavy atom. The number of rotatable bonds is 5. The van der Waals surface area contributed by atoms with Crippen LogP contribution in [0.1, 0.15) is 17.0 Å². The van der Waals surface area contributed by atoms with E-state index in [4.69, 9.17) is 8.94 Å². The molecular formula is C19H17N3O4S. The van der Waals surface area contributed by atoms with Crippen LogP contribution in [0, 0.1) is 13.8 Å². The summed E-state index contributed by atoms with van der Waals surface area (Å²) < 4.78 is 38.0. The highest BCUT2D eigenvalue weighted by Gasteiger charge is 2.19. The van der Waals surface area contributed by atoms with Crippen molar-refractivity contribution in [1.82, 2.24) is 14.9 Å². The fourth-order valence-electron chi connectivity index (χ4n) is 2.81. The molecule has 27 heavy (non-hydrogen) atoms. The van der Waals surface area contributed by atoms with Crippen LogP contribution in [0.4, 0.5) is 0 Å². The highest BCUT2D eigenvalue weighted by atomic mass is 32.2. The van der Waals surface area contributed by atoms with Gasteiger partial charge in [-0.05, 0) is 38.1 Å². The van der Waals surface area contributed by atoms with Crippen LogP contribution in [-0.4, -0.2) is 18.6 Å². The van der Waals surface area contributed by atoms with E-state index in [-0.39, 0.29) is 23.2 Å². The van der Waals surface area contributed by atoms with E-state index in [1.54, 1.807) is 18.2 Å². The number of sulfonamides is 1. The third kappa shape index (κ3) is 3.36. The summed E-state index contributed by atoms with van der Waals surface area (Å²) in [6.45, 7) is 3.83. The van der Waals surface area contributed by atoms with Crippen LogP contribution in [-0.2, 0) is 16.6 Å². The third-order valence-corrected chi connectivity index (χ3v) is 5.65. The van der Waals surface area contributed by atoms with Crippen molar-refractivity contribution in [2.24, 2.45) is 0 Å². The van der Waals surface area contributed by atoms with Crippen LogP contribution in [0.2, 0.25) is 0 Å². The van der Waals surface area contributed by atoms with Crippen molar-refractivity contribution < 1.29 is 17.4 Å². The average molecular weight is 383 g/mol. The van der Waals surface area contributed by atoms with E-state index in [9.17, 15) is 8.42 Å². The Hall–Kier alpha value is -2.97. The summed E-state index contributed by atoms with van der Waals surface area (Å²) >= 11 is 0. The average Bonchev–Trinajstić information content (AvgIpc) is 3.26. The fourth-order valence-corrected chi connectivity index (χ4v) is 3.80. The van der Waals surface area contributed by atoms with Crippen molar-refractivity contribution in [2.45, 2.75) is 25.3 Å². The summed E-state index contributed by atoms with van der Waals surface area (Å²) in [5, 5.41) is 4.91. The second-order valence-electron chi connectivity index (χ2n) is 6.21. The molecular weight excluding hydrogens is 366 g/mol. The molecule has 7 nitrogen and oxygen atoms in total. The second-order valence-corrected chi connectivity index (χ2v) is 7.97. The fraction of sp³-hybridized carbons (Fsp3) is 0.158. The van der Waals surface area contributed by atoms with E-state index in [1.165, 1.54) is 12.1 Å². The lowest BCUT2D eigenvalue weighted by atomic mass is 10.1. The lowest BCUT2D eigenvalue weighted by Crippen LogP contribution is -2.23. The number of aryl methyl sites for hydroxylation is 2. The van der Waals surface area contributed by atoms with Crippen LogP contribution in [0.25, 0.3) is 22.6 Å². The van der Waals surface area contributed by atoms with Crippen LogP contribution in [0.15, 0.2) is 62.4 Å². The zero-order valence-corrected chi connectivity index (χ0v) is 15.6. The summed E-state index contributed by atoms with van der Waals surface area (Å²) in [5.74, 6) is 0.951. The van der Waals surface area contributed by atoms with Gasteiger partial charge in [-0.1, -0.05) is 35.0 Å². The first-order chi connectivity index (χ1) is 12.9. The Morgan fingerprint density at radius 2 is 1.85 bits per heavy atom. The minimum Gasteiger partial charge on any atom is -0.452 e.